The van der Waals surface area contributed by atoms with Crippen LogP contribution in [0, 0.1) is 5.82 Å². The van der Waals surface area contributed by atoms with Crippen LogP contribution in [0.4, 0.5) is 4.39 Å². The van der Waals surface area contributed by atoms with Crippen molar-refractivity contribution in [3.63, 3.8) is 0 Å². The fraction of sp³-hybridized carbons (Fsp3) is 0.167. The maximum atomic E-state index is 13.0. The van der Waals surface area contributed by atoms with E-state index in [1.54, 1.807) is 31.4 Å². The maximum absolute atomic E-state index is 13.0. The van der Waals surface area contributed by atoms with Gasteiger partial charge < -0.3 is 18.7 Å². The molecule has 0 aliphatic rings. The van der Waals surface area contributed by atoms with Gasteiger partial charge in [-0.3, -0.25) is 0 Å². The number of aromatic nitrogens is 2. The highest BCUT2D eigenvalue weighted by molar-refractivity contribution is 5.60. The first kappa shape index (κ1) is 20.6. The second kappa shape index (κ2) is 9.86. The Kier molecular flexibility index (Phi) is 6.54. The van der Waals surface area contributed by atoms with Gasteiger partial charge in [0, 0.05) is 5.56 Å². The fourth-order valence-electron chi connectivity index (χ4n) is 2.93. The van der Waals surface area contributed by atoms with Crippen LogP contribution in [-0.2, 0) is 24.6 Å². The fourth-order valence-corrected chi connectivity index (χ4v) is 2.93. The number of halogens is 1. The third-order valence-corrected chi connectivity index (χ3v) is 4.53. The molecule has 0 saturated heterocycles. The predicted molar refractivity (Wildman–Crippen MR) is 112 cm³/mol. The Morgan fingerprint density at radius 2 is 1.61 bits per heavy atom. The molecule has 0 fully saturated rings. The maximum Gasteiger partial charge on any atom is 0.252 e. The molecule has 4 aromatic rings. The summed E-state index contributed by atoms with van der Waals surface area (Å²) in [7, 11) is 1.56. The van der Waals surface area contributed by atoms with Gasteiger partial charge in [0.25, 0.3) is 5.89 Å². The highest BCUT2D eigenvalue weighted by Gasteiger charge is 2.13. The van der Waals surface area contributed by atoms with E-state index in [4.69, 9.17) is 18.7 Å². The molecule has 0 radical (unpaired) electrons. The van der Waals surface area contributed by atoms with Crippen molar-refractivity contribution in [3.05, 3.63) is 95.6 Å². The highest BCUT2D eigenvalue weighted by Crippen LogP contribution is 2.32. The predicted octanol–water partition coefficient (Wildman–Crippen LogP) is 5.18. The van der Waals surface area contributed by atoms with Crippen molar-refractivity contribution in [1.29, 1.82) is 0 Å². The molecule has 7 heteroatoms. The lowest BCUT2D eigenvalue weighted by atomic mass is 10.2. The Hall–Kier alpha value is -3.71. The molecule has 3 aromatic carbocycles. The van der Waals surface area contributed by atoms with Crippen molar-refractivity contribution in [2.75, 3.05) is 7.11 Å². The molecule has 0 N–H and O–H groups in total. The van der Waals surface area contributed by atoms with Gasteiger partial charge in [-0.2, -0.15) is 4.98 Å². The number of ether oxygens (including phenoxy) is 3. The van der Waals surface area contributed by atoms with E-state index in [0.29, 0.717) is 36.4 Å². The molecular weight excluding hydrogens is 399 g/mol. The van der Waals surface area contributed by atoms with Gasteiger partial charge in [0.15, 0.2) is 11.5 Å². The van der Waals surface area contributed by atoms with Crippen LogP contribution in [-0.4, -0.2) is 17.3 Å². The summed E-state index contributed by atoms with van der Waals surface area (Å²) in [6.45, 7) is 0.978. The zero-order valence-electron chi connectivity index (χ0n) is 17.0. The van der Waals surface area contributed by atoms with Crippen molar-refractivity contribution in [1.82, 2.24) is 10.1 Å². The first-order chi connectivity index (χ1) is 15.2. The Bertz CT molecular complexity index is 1110. The van der Waals surface area contributed by atoms with Crippen molar-refractivity contribution in [2.24, 2.45) is 0 Å². The van der Waals surface area contributed by atoms with Crippen LogP contribution in [0.3, 0.4) is 0 Å². The summed E-state index contributed by atoms with van der Waals surface area (Å²) in [5.74, 6) is 1.63. The molecule has 0 atom stereocenters. The highest BCUT2D eigenvalue weighted by atomic mass is 19.1. The number of hydrogen-bond donors (Lipinski definition) is 0. The minimum absolute atomic E-state index is 0.220. The number of methoxy groups -OCH3 is 1. The molecule has 0 spiro atoms. The van der Waals surface area contributed by atoms with Crippen LogP contribution >= 0.6 is 0 Å². The average molecular weight is 420 g/mol. The molecule has 31 heavy (non-hydrogen) atoms. The minimum Gasteiger partial charge on any atom is -0.493 e. The van der Waals surface area contributed by atoms with E-state index >= 15 is 0 Å². The Labute approximate surface area is 179 Å². The van der Waals surface area contributed by atoms with E-state index in [1.165, 1.54) is 12.1 Å². The average Bonchev–Trinajstić information content (AvgIpc) is 3.28. The summed E-state index contributed by atoms with van der Waals surface area (Å²) in [6.07, 6.45) is 0. The Morgan fingerprint density at radius 1 is 0.839 bits per heavy atom. The Morgan fingerprint density at radius 3 is 2.39 bits per heavy atom. The van der Waals surface area contributed by atoms with E-state index in [-0.39, 0.29) is 12.4 Å². The van der Waals surface area contributed by atoms with Gasteiger partial charge in [0.1, 0.15) is 19.0 Å². The van der Waals surface area contributed by atoms with E-state index in [2.05, 4.69) is 10.1 Å². The van der Waals surface area contributed by atoms with Crippen LogP contribution in [0.5, 0.6) is 11.5 Å². The molecular formula is C24H21FN2O4. The molecule has 0 bridgehead atoms. The second-order valence-corrected chi connectivity index (χ2v) is 6.77. The molecule has 0 unspecified atom stereocenters. The topological polar surface area (TPSA) is 66.6 Å². The third kappa shape index (κ3) is 5.46. The van der Waals surface area contributed by atoms with Gasteiger partial charge in [-0.1, -0.05) is 47.6 Å². The number of rotatable bonds is 9. The zero-order chi connectivity index (χ0) is 21.5. The summed E-state index contributed by atoms with van der Waals surface area (Å²) in [4.78, 5) is 4.38. The summed E-state index contributed by atoms with van der Waals surface area (Å²) in [6, 6.07) is 21.4. The third-order valence-electron chi connectivity index (χ3n) is 4.53. The molecule has 0 aliphatic heterocycles. The van der Waals surface area contributed by atoms with Crippen molar-refractivity contribution < 1.29 is 23.1 Å². The van der Waals surface area contributed by atoms with E-state index in [0.717, 1.165) is 16.7 Å². The molecule has 1 heterocycles. The van der Waals surface area contributed by atoms with Crippen LogP contribution in [0.15, 0.2) is 77.3 Å². The number of benzene rings is 3. The van der Waals surface area contributed by atoms with E-state index in [9.17, 15) is 4.39 Å². The lowest BCUT2D eigenvalue weighted by molar-refractivity contribution is 0.0850. The number of nitrogens with zero attached hydrogens (tertiary/aromatic N) is 2. The summed E-state index contributed by atoms with van der Waals surface area (Å²) in [5, 5.41) is 4.02. The smallest absolute Gasteiger partial charge is 0.252 e. The number of hydrogen-bond acceptors (Lipinski definition) is 6. The van der Waals surface area contributed by atoms with E-state index in [1.807, 2.05) is 36.4 Å². The minimum atomic E-state index is -0.282. The van der Waals surface area contributed by atoms with Gasteiger partial charge in [-0.15, -0.1) is 0 Å². The molecule has 4 rings (SSSR count). The molecule has 0 saturated carbocycles. The monoisotopic (exact) mass is 420 g/mol. The first-order valence-electron chi connectivity index (χ1n) is 9.71. The lowest BCUT2D eigenvalue weighted by Crippen LogP contribution is -1.98. The lowest BCUT2D eigenvalue weighted by Gasteiger charge is -2.11. The van der Waals surface area contributed by atoms with Crippen LogP contribution < -0.4 is 9.47 Å². The normalized spacial score (nSPS) is 10.8. The van der Waals surface area contributed by atoms with Crippen LogP contribution in [0.2, 0.25) is 0 Å². The van der Waals surface area contributed by atoms with Crippen molar-refractivity contribution in [3.8, 4) is 22.9 Å². The van der Waals surface area contributed by atoms with Crippen molar-refractivity contribution >= 4 is 0 Å². The largest absolute Gasteiger partial charge is 0.493 e. The van der Waals surface area contributed by atoms with Gasteiger partial charge in [-0.05, 0) is 41.5 Å². The summed E-state index contributed by atoms with van der Waals surface area (Å²) < 4.78 is 35.2. The molecule has 6 nitrogen and oxygen atoms in total. The SMILES string of the molecule is COc1cc(-c2noc(COCc3ccccc3)n2)ccc1OCc1ccc(F)cc1. The Balaban J connectivity index is 1.38. The quantitative estimate of drug-likeness (QED) is 0.372. The van der Waals surface area contributed by atoms with Gasteiger partial charge >= 0.3 is 0 Å². The second-order valence-electron chi connectivity index (χ2n) is 6.77. The summed E-state index contributed by atoms with van der Waals surface area (Å²) in [5.41, 5.74) is 2.65. The molecule has 0 aliphatic carbocycles. The van der Waals surface area contributed by atoms with Gasteiger partial charge in [0.2, 0.25) is 5.82 Å². The first-order valence-corrected chi connectivity index (χ1v) is 9.71. The van der Waals surface area contributed by atoms with Gasteiger partial charge in [-0.25, -0.2) is 4.39 Å². The van der Waals surface area contributed by atoms with Crippen LogP contribution in [0.1, 0.15) is 17.0 Å². The zero-order valence-corrected chi connectivity index (χ0v) is 17.0. The van der Waals surface area contributed by atoms with Crippen molar-refractivity contribution in [2.45, 2.75) is 19.8 Å². The van der Waals surface area contributed by atoms with Crippen LogP contribution in [0.25, 0.3) is 11.4 Å². The molecule has 0 amide bonds. The standard InChI is InChI=1S/C24H21FN2O4/c1-28-22-13-19(9-12-21(22)30-15-18-7-10-20(25)11-8-18)24-26-23(31-27-24)16-29-14-17-5-3-2-4-6-17/h2-13H,14-16H2,1H3. The molecule has 158 valence electrons. The van der Waals surface area contributed by atoms with Gasteiger partial charge in [0.05, 0.1) is 13.7 Å². The summed E-state index contributed by atoms with van der Waals surface area (Å²) >= 11 is 0. The van der Waals surface area contributed by atoms with E-state index < -0.39 is 0 Å². The molecule has 1 aromatic heterocycles.